The lowest BCUT2D eigenvalue weighted by Crippen LogP contribution is -1.91. The van der Waals surface area contributed by atoms with Crippen molar-refractivity contribution in [3.8, 4) is 33.4 Å². The molecule has 7 aromatic carbocycles. The quantitative estimate of drug-likeness (QED) is 0.223. The van der Waals surface area contributed by atoms with E-state index in [0.29, 0.717) is 0 Å². The molecule has 0 bridgehead atoms. The van der Waals surface area contributed by atoms with Crippen molar-refractivity contribution in [3.05, 3.63) is 145 Å². The molecule has 0 amide bonds. The summed E-state index contributed by atoms with van der Waals surface area (Å²) in [5.74, 6) is -0.222. The molecule has 7 rings (SSSR count). The zero-order chi connectivity index (χ0) is 24.8. The van der Waals surface area contributed by atoms with Gasteiger partial charge in [-0.1, -0.05) is 121 Å². The van der Waals surface area contributed by atoms with Crippen LogP contribution in [0.3, 0.4) is 0 Å². The van der Waals surface area contributed by atoms with E-state index in [1.807, 2.05) is 12.1 Å². The summed E-state index contributed by atoms with van der Waals surface area (Å²) in [6, 6.07) is 47.9. The fraction of sp³-hybridized carbons (Fsp3) is 0. The molecular weight excluding hydrogens is 451 g/mol. The summed E-state index contributed by atoms with van der Waals surface area (Å²) in [6.07, 6.45) is 0. The van der Waals surface area contributed by atoms with E-state index < -0.39 is 0 Å². The molecule has 0 aliphatic rings. The lowest BCUT2D eigenvalue weighted by atomic mass is 9.85. The summed E-state index contributed by atoms with van der Waals surface area (Å²) < 4.78 is 13.7. The van der Waals surface area contributed by atoms with Crippen LogP contribution in [0, 0.1) is 5.82 Å². The molecule has 1 heteroatoms. The molecule has 0 spiro atoms. The molecule has 0 saturated heterocycles. The Morgan fingerprint density at radius 3 is 1.27 bits per heavy atom. The van der Waals surface area contributed by atoms with Gasteiger partial charge in [0.1, 0.15) is 5.82 Å². The fourth-order valence-electron chi connectivity index (χ4n) is 5.57. The van der Waals surface area contributed by atoms with E-state index in [4.69, 9.17) is 0 Å². The van der Waals surface area contributed by atoms with Gasteiger partial charge in [0.25, 0.3) is 0 Å². The van der Waals surface area contributed by atoms with Gasteiger partial charge in [-0.2, -0.15) is 0 Å². The average Bonchev–Trinajstić information content (AvgIpc) is 2.96. The van der Waals surface area contributed by atoms with Gasteiger partial charge in [-0.3, -0.25) is 0 Å². The maximum Gasteiger partial charge on any atom is 0.123 e. The second-order valence-corrected chi connectivity index (χ2v) is 9.49. The topological polar surface area (TPSA) is 0 Å². The smallest absolute Gasteiger partial charge is 0.123 e. The number of halogens is 1. The van der Waals surface area contributed by atoms with E-state index in [1.54, 1.807) is 0 Å². The Hall–Kier alpha value is -4.75. The van der Waals surface area contributed by atoms with Crippen molar-refractivity contribution in [3.63, 3.8) is 0 Å². The third-order valence-corrected chi connectivity index (χ3v) is 7.32. The van der Waals surface area contributed by atoms with Crippen LogP contribution in [0.1, 0.15) is 0 Å². The van der Waals surface area contributed by atoms with Crippen LogP contribution in [0.5, 0.6) is 0 Å². The largest absolute Gasteiger partial charge is 0.207 e. The zero-order valence-corrected chi connectivity index (χ0v) is 20.2. The first-order valence-electron chi connectivity index (χ1n) is 12.6. The van der Waals surface area contributed by atoms with Crippen LogP contribution in [0.4, 0.5) is 4.39 Å². The minimum Gasteiger partial charge on any atom is -0.207 e. The standard InChI is InChI=1S/C36H23F/c37-30-21-19-27(20-22-30)36-33-11-5-3-9-31(33)35(32-10-4-6-12-34(32)36)26-16-13-25(14-17-26)29-18-15-24-7-1-2-8-28(24)23-29/h1-23H. The number of fused-ring (bicyclic) bond motifs is 3. The first kappa shape index (κ1) is 21.5. The predicted octanol–water partition coefficient (Wildman–Crippen LogP) is 10.3. The molecule has 174 valence electrons. The summed E-state index contributed by atoms with van der Waals surface area (Å²) in [5, 5.41) is 7.22. The maximum absolute atomic E-state index is 13.7. The molecule has 0 aromatic heterocycles. The molecule has 0 nitrogen and oxygen atoms in total. The van der Waals surface area contributed by atoms with E-state index >= 15 is 0 Å². The van der Waals surface area contributed by atoms with Gasteiger partial charge >= 0.3 is 0 Å². The zero-order valence-electron chi connectivity index (χ0n) is 20.2. The first-order chi connectivity index (χ1) is 18.3. The van der Waals surface area contributed by atoms with Gasteiger partial charge in [-0.05, 0) is 83.9 Å². The molecule has 0 unspecified atom stereocenters. The minimum atomic E-state index is -0.222. The van der Waals surface area contributed by atoms with Gasteiger partial charge in [-0.15, -0.1) is 0 Å². The molecule has 0 saturated carbocycles. The van der Waals surface area contributed by atoms with Crippen molar-refractivity contribution >= 4 is 32.3 Å². The highest BCUT2D eigenvalue weighted by molar-refractivity contribution is 6.21. The van der Waals surface area contributed by atoms with E-state index in [0.717, 1.165) is 11.1 Å². The summed E-state index contributed by atoms with van der Waals surface area (Å²) in [7, 11) is 0. The second-order valence-electron chi connectivity index (χ2n) is 9.49. The van der Waals surface area contributed by atoms with Crippen LogP contribution in [-0.4, -0.2) is 0 Å². The van der Waals surface area contributed by atoms with Gasteiger partial charge in [0.05, 0.1) is 0 Å². The Morgan fingerprint density at radius 2 is 0.730 bits per heavy atom. The Labute approximate surface area is 215 Å². The molecule has 0 heterocycles. The van der Waals surface area contributed by atoms with E-state index in [2.05, 4.69) is 115 Å². The third kappa shape index (κ3) is 3.68. The highest BCUT2D eigenvalue weighted by atomic mass is 19.1. The molecule has 0 aliphatic heterocycles. The number of benzene rings is 7. The highest BCUT2D eigenvalue weighted by Gasteiger charge is 2.16. The summed E-state index contributed by atoms with van der Waals surface area (Å²) >= 11 is 0. The minimum absolute atomic E-state index is 0.222. The van der Waals surface area contributed by atoms with E-state index in [9.17, 15) is 4.39 Å². The molecule has 0 atom stereocenters. The molecule has 7 aromatic rings. The second kappa shape index (κ2) is 8.72. The highest BCUT2D eigenvalue weighted by Crippen LogP contribution is 2.43. The van der Waals surface area contributed by atoms with Crippen LogP contribution >= 0.6 is 0 Å². The lowest BCUT2D eigenvalue weighted by Gasteiger charge is -2.18. The van der Waals surface area contributed by atoms with Crippen molar-refractivity contribution in [1.82, 2.24) is 0 Å². The molecule has 0 fully saturated rings. The van der Waals surface area contributed by atoms with Gasteiger partial charge < -0.3 is 0 Å². The van der Waals surface area contributed by atoms with Crippen LogP contribution < -0.4 is 0 Å². The number of hydrogen-bond acceptors (Lipinski definition) is 0. The summed E-state index contributed by atoms with van der Waals surface area (Å²) in [4.78, 5) is 0. The SMILES string of the molecule is Fc1ccc(-c2c3ccccc3c(-c3ccc(-c4ccc5ccccc5c4)cc3)c3ccccc23)cc1. The monoisotopic (exact) mass is 474 g/mol. The molecule has 0 aliphatic carbocycles. The Bertz CT molecular complexity index is 1860. The number of hydrogen-bond donors (Lipinski definition) is 0. The molecule has 37 heavy (non-hydrogen) atoms. The molecule has 0 radical (unpaired) electrons. The van der Waals surface area contributed by atoms with Crippen LogP contribution in [0.2, 0.25) is 0 Å². The molecule has 0 N–H and O–H groups in total. The van der Waals surface area contributed by atoms with Crippen molar-refractivity contribution in [1.29, 1.82) is 0 Å². The fourth-order valence-corrected chi connectivity index (χ4v) is 5.57. The van der Waals surface area contributed by atoms with E-state index in [1.165, 1.54) is 66.7 Å². The van der Waals surface area contributed by atoms with Crippen LogP contribution in [0.15, 0.2) is 140 Å². The van der Waals surface area contributed by atoms with Gasteiger partial charge in [0.2, 0.25) is 0 Å². The van der Waals surface area contributed by atoms with Crippen LogP contribution in [0.25, 0.3) is 65.7 Å². The lowest BCUT2D eigenvalue weighted by molar-refractivity contribution is 0.628. The Balaban J connectivity index is 1.43. The van der Waals surface area contributed by atoms with Crippen molar-refractivity contribution < 1.29 is 4.39 Å². The Kier molecular flexibility index (Phi) is 5.08. The van der Waals surface area contributed by atoms with Crippen molar-refractivity contribution in [2.24, 2.45) is 0 Å². The van der Waals surface area contributed by atoms with Gasteiger partial charge in [0, 0.05) is 0 Å². The predicted molar refractivity (Wildman–Crippen MR) is 155 cm³/mol. The summed E-state index contributed by atoms with van der Waals surface area (Å²) in [6.45, 7) is 0. The Morgan fingerprint density at radius 1 is 0.324 bits per heavy atom. The molecular formula is C36H23F. The summed E-state index contributed by atoms with van der Waals surface area (Å²) in [5.41, 5.74) is 6.98. The van der Waals surface area contributed by atoms with Gasteiger partial charge in [-0.25, -0.2) is 4.39 Å². The van der Waals surface area contributed by atoms with Crippen LogP contribution in [-0.2, 0) is 0 Å². The maximum atomic E-state index is 13.7. The average molecular weight is 475 g/mol. The number of rotatable bonds is 3. The first-order valence-corrected chi connectivity index (χ1v) is 12.6. The normalized spacial score (nSPS) is 11.4. The van der Waals surface area contributed by atoms with Crippen molar-refractivity contribution in [2.75, 3.05) is 0 Å². The van der Waals surface area contributed by atoms with Gasteiger partial charge in [0.15, 0.2) is 0 Å². The third-order valence-electron chi connectivity index (χ3n) is 7.32. The van der Waals surface area contributed by atoms with Crippen molar-refractivity contribution in [2.45, 2.75) is 0 Å². The van der Waals surface area contributed by atoms with E-state index in [-0.39, 0.29) is 5.82 Å².